The fourth-order valence-electron chi connectivity index (χ4n) is 1.75. The fourth-order valence-corrected chi connectivity index (χ4v) is 2.97. The summed E-state index contributed by atoms with van der Waals surface area (Å²) in [7, 11) is 0. The number of nitrogens with one attached hydrogen (secondary N) is 1. The van der Waals surface area contributed by atoms with Gasteiger partial charge in [-0.1, -0.05) is 17.7 Å². The highest BCUT2D eigenvalue weighted by molar-refractivity contribution is 7.92. The van der Waals surface area contributed by atoms with Crippen LogP contribution >= 0.6 is 11.6 Å². The topological polar surface area (TPSA) is 61.4 Å². The second kappa shape index (κ2) is 7.78. The maximum Gasteiger partial charge on any atom is 0.573 e. The van der Waals surface area contributed by atoms with Gasteiger partial charge in [-0.2, -0.15) is 0 Å². The van der Waals surface area contributed by atoms with Crippen molar-refractivity contribution in [2.45, 2.75) is 11.3 Å². The molecule has 0 heterocycles. The van der Waals surface area contributed by atoms with Crippen molar-refractivity contribution in [1.29, 1.82) is 0 Å². The maximum absolute atomic E-state index is 12.1. The largest absolute Gasteiger partial charge is 0.611 e. The lowest BCUT2D eigenvalue weighted by Gasteiger charge is -2.12. The van der Waals surface area contributed by atoms with Gasteiger partial charge in [0.05, 0.1) is 0 Å². The van der Waals surface area contributed by atoms with E-state index in [9.17, 15) is 22.5 Å². The zero-order valence-corrected chi connectivity index (χ0v) is 13.5. The van der Waals surface area contributed by atoms with Gasteiger partial charge in [-0.15, -0.1) is 13.2 Å². The Morgan fingerprint density at radius 2 is 1.88 bits per heavy atom. The van der Waals surface area contributed by atoms with Crippen LogP contribution in [-0.4, -0.2) is 22.6 Å². The number of ether oxygens (including phenoxy) is 1. The lowest BCUT2D eigenvalue weighted by Crippen LogP contribution is -2.23. The third-order valence-electron chi connectivity index (χ3n) is 2.69. The summed E-state index contributed by atoms with van der Waals surface area (Å²) in [5.74, 6) is -1.25. The molecule has 0 aliphatic carbocycles. The minimum absolute atomic E-state index is 0.262. The van der Waals surface area contributed by atoms with Crippen LogP contribution in [0.2, 0.25) is 5.02 Å². The van der Waals surface area contributed by atoms with E-state index in [4.69, 9.17) is 11.6 Å². The number of amides is 1. The summed E-state index contributed by atoms with van der Waals surface area (Å²) in [5, 5.41) is 2.85. The fraction of sp³-hybridized carbons (Fsp3) is 0.133. The molecule has 2 rings (SSSR count). The van der Waals surface area contributed by atoms with Crippen LogP contribution in [0, 0.1) is 0 Å². The molecule has 1 atom stereocenters. The van der Waals surface area contributed by atoms with E-state index < -0.39 is 29.2 Å². The highest BCUT2D eigenvalue weighted by Crippen LogP contribution is 2.24. The maximum atomic E-state index is 12.1. The summed E-state index contributed by atoms with van der Waals surface area (Å²) < 4.78 is 51.9. The zero-order valence-electron chi connectivity index (χ0n) is 12.0. The van der Waals surface area contributed by atoms with Crippen LogP contribution in [-0.2, 0) is 16.0 Å². The average Bonchev–Trinajstić information content (AvgIpc) is 2.47. The SMILES string of the molecule is O=C(C[S+]([O-])c1cccc(Cl)c1)Nc1ccc(OC(F)(F)F)cc1. The molecule has 4 nitrogen and oxygen atoms in total. The molecule has 0 aromatic heterocycles. The van der Waals surface area contributed by atoms with Crippen LogP contribution in [0.3, 0.4) is 0 Å². The monoisotopic (exact) mass is 377 g/mol. The molecule has 0 saturated heterocycles. The molecule has 0 fully saturated rings. The number of alkyl halides is 3. The molecule has 0 aliphatic rings. The number of carbonyl (C=O) groups is 1. The van der Waals surface area contributed by atoms with E-state index in [0.29, 0.717) is 9.92 Å². The second-order valence-corrected chi connectivity index (χ2v) is 6.46. The minimum atomic E-state index is -4.78. The summed E-state index contributed by atoms with van der Waals surface area (Å²) in [6.07, 6.45) is -4.78. The van der Waals surface area contributed by atoms with Crippen molar-refractivity contribution in [2.75, 3.05) is 11.1 Å². The lowest BCUT2D eigenvalue weighted by atomic mass is 10.3. The molecule has 0 radical (unpaired) electrons. The Morgan fingerprint density at radius 1 is 1.21 bits per heavy atom. The number of benzene rings is 2. The molecule has 9 heteroatoms. The van der Waals surface area contributed by atoms with Gasteiger partial charge in [0.15, 0.2) is 10.6 Å². The van der Waals surface area contributed by atoms with Crippen LogP contribution in [0.4, 0.5) is 18.9 Å². The van der Waals surface area contributed by atoms with Crippen molar-refractivity contribution in [3.8, 4) is 5.75 Å². The first-order valence-electron chi connectivity index (χ1n) is 6.52. The Bertz CT molecular complexity index is 710. The average molecular weight is 378 g/mol. The molecular weight excluding hydrogens is 367 g/mol. The number of hydrogen-bond acceptors (Lipinski definition) is 3. The molecule has 0 saturated carbocycles. The molecule has 2 aromatic carbocycles. The van der Waals surface area contributed by atoms with Crippen molar-refractivity contribution in [3.05, 3.63) is 53.6 Å². The van der Waals surface area contributed by atoms with Crippen molar-refractivity contribution in [1.82, 2.24) is 0 Å². The van der Waals surface area contributed by atoms with E-state index >= 15 is 0 Å². The predicted octanol–water partition coefficient (Wildman–Crippen LogP) is 3.98. The van der Waals surface area contributed by atoms with Gasteiger partial charge in [-0.3, -0.25) is 4.79 Å². The standard InChI is InChI=1S/C15H11ClF3NO3S/c16-10-2-1-3-13(8-10)24(22)9-14(21)20-11-4-6-12(7-5-11)23-15(17,18)19/h1-8H,9H2,(H,20,21). The van der Waals surface area contributed by atoms with Gasteiger partial charge in [0.1, 0.15) is 5.75 Å². The number of halogens is 4. The Morgan fingerprint density at radius 3 is 2.46 bits per heavy atom. The highest BCUT2D eigenvalue weighted by atomic mass is 35.5. The van der Waals surface area contributed by atoms with Crippen LogP contribution in [0.25, 0.3) is 0 Å². The molecule has 1 unspecified atom stereocenters. The van der Waals surface area contributed by atoms with Gasteiger partial charge in [-0.05, 0) is 47.6 Å². The molecule has 1 amide bonds. The second-order valence-electron chi connectivity index (χ2n) is 4.57. The quantitative estimate of drug-likeness (QED) is 0.801. The van der Waals surface area contributed by atoms with Crippen LogP contribution in [0.5, 0.6) is 5.75 Å². The van der Waals surface area contributed by atoms with Gasteiger partial charge in [0.25, 0.3) is 5.91 Å². The molecular formula is C15H11ClF3NO3S. The first-order chi connectivity index (χ1) is 11.2. The zero-order chi connectivity index (χ0) is 17.7. The molecule has 24 heavy (non-hydrogen) atoms. The van der Waals surface area contributed by atoms with Crippen molar-refractivity contribution in [2.24, 2.45) is 0 Å². The highest BCUT2D eigenvalue weighted by Gasteiger charge is 2.31. The summed E-state index contributed by atoms with van der Waals surface area (Å²) in [6, 6.07) is 10.9. The predicted molar refractivity (Wildman–Crippen MR) is 84.5 cm³/mol. The smallest absolute Gasteiger partial charge is 0.573 e. The number of rotatable bonds is 5. The molecule has 128 valence electrons. The molecule has 1 N–H and O–H groups in total. The summed E-state index contributed by atoms with van der Waals surface area (Å²) in [4.78, 5) is 12.3. The Balaban J connectivity index is 1.92. The summed E-state index contributed by atoms with van der Waals surface area (Å²) >= 11 is 4.20. The molecule has 2 aromatic rings. The van der Waals surface area contributed by atoms with Crippen molar-refractivity contribution >= 4 is 34.4 Å². The van der Waals surface area contributed by atoms with E-state index in [1.54, 1.807) is 18.2 Å². The van der Waals surface area contributed by atoms with Gasteiger partial charge < -0.3 is 14.6 Å². The van der Waals surface area contributed by atoms with Crippen LogP contribution < -0.4 is 10.1 Å². The van der Waals surface area contributed by atoms with Gasteiger partial charge in [-0.25, -0.2) is 0 Å². The first kappa shape index (κ1) is 18.4. The molecule has 0 bridgehead atoms. The minimum Gasteiger partial charge on any atom is -0.611 e. The van der Waals surface area contributed by atoms with Crippen LogP contribution in [0.1, 0.15) is 0 Å². The number of hydrogen-bond donors (Lipinski definition) is 1. The Labute approximate surface area is 143 Å². The molecule has 0 spiro atoms. The summed E-state index contributed by atoms with van der Waals surface area (Å²) in [5.41, 5.74) is 0.262. The van der Waals surface area contributed by atoms with Crippen molar-refractivity contribution in [3.63, 3.8) is 0 Å². The van der Waals surface area contributed by atoms with E-state index in [1.807, 2.05) is 0 Å². The number of anilines is 1. The van der Waals surface area contributed by atoms with E-state index in [2.05, 4.69) is 10.1 Å². The van der Waals surface area contributed by atoms with Crippen molar-refractivity contribution < 1.29 is 27.3 Å². The van der Waals surface area contributed by atoms with E-state index in [1.165, 1.54) is 18.2 Å². The van der Waals surface area contributed by atoms with Gasteiger partial charge in [0, 0.05) is 16.8 Å². The van der Waals surface area contributed by atoms with Gasteiger partial charge >= 0.3 is 6.36 Å². The normalized spacial score (nSPS) is 12.5. The van der Waals surface area contributed by atoms with Gasteiger partial charge in [0.2, 0.25) is 0 Å². The van der Waals surface area contributed by atoms with Crippen LogP contribution in [0.15, 0.2) is 53.4 Å². The first-order valence-corrected chi connectivity index (χ1v) is 8.22. The van der Waals surface area contributed by atoms with E-state index in [-0.39, 0.29) is 11.4 Å². The third-order valence-corrected chi connectivity index (χ3v) is 4.23. The molecule has 0 aliphatic heterocycles. The number of carbonyl (C=O) groups excluding carboxylic acids is 1. The van der Waals surface area contributed by atoms with E-state index in [0.717, 1.165) is 12.1 Å². The Kier molecular flexibility index (Phi) is 5.98. The Hall–Kier alpha value is -1.90. The third kappa shape index (κ3) is 5.95. The summed E-state index contributed by atoms with van der Waals surface area (Å²) in [6.45, 7) is 0. The lowest BCUT2D eigenvalue weighted by molar-refractivity contribution is -0.274.